The first kappa shape index (κ1) is 10.8. The van der Waals surface area contributed by atoms with E-state index in [2.05, 4.69) is 6.92 Å². The van der Waals surface area contributed by atoms with Crippen molar-refractivity contribution in [3.8, 4) is 0 Å². The third kappa shape index (κ3) is 2.47. The van der Waals surface area contributed by atoms with Gasteiger partial charge >= 0.3 is 0 Å². The fourth-order valence-corrected chi connectivity index (χ4v) is 2.93. The molecule has 1 atom stereocenters. The Morgan fingerprint density at radius 2 is 1.73 bits per heavy atom. The highest BCUT2D eigenvalue weighted by Gasteiger charge is 2.33. The van der Waals surface area contributed by atoms with Crippen LogP contribution in [0.15, 0.2) is 0 Å². The second-order valence-corrected chi connectivity index (χ2v) is 5.34. The fourth-order valence-electron chi connectivity index (χ4n) is 2.93. The van der Waals surface area contributed by atoms with Crippen LogP contribution in [0.4, 0.5) is 0 Å². The summed E-state index contributed by atoms with van der Waals surface area (Å²) in [4.78, 5) is 23.2. The van der Waals surface area contributed by atoms with Crippen LogP contribution in [-0.2, 0) is 9.59 Å². The molecule has 0 aliphatic heterocycles. The highest BCUT2D eigenvalue weighted by atomic mass is 16.1. The second-order valence-electron chi connectivity index (χ2n) is 5.34. The normalized spacial score (nSPS) is 36.9. The fraction of sp³-hybridized carbons (Fsp3) is 0.846. The molecule has 2 aliphatic carbocycles. The number of Topliss-reactive ketones (excluding diaryl/α,β-unsaturated/α-hetero) is 2. The van der Waals surface area contributed by atoms with Crippen molar-refractivity contribution >= 4 is 11.6 Å². The summed E-state index contributed by atoms with van der Waals surface area (Å²) < 4.78 is 0. The van der Waals surface area contributed by atoms with Crippen molar-refractivity contribution in [3.05, 3.63) is 0 Å². The molecule has 0 bridgehead atoms. The molecule has 0 N–H and O–H groups in total. The van der Waals surface area contributed by atoms with Crippen LogP contribution in [0, 0.1) is 17.8 Å². The Morgan fingerprint density at radius 1 is 1.07 bits per heavy atom. The number of carbonyl (C=O) groups excluding carboxylic acids is 2. The molecule has 84 valence electrons. The molecule has 0 saturated heterocycles. The minimum atomic E-state index is 0.0795. The molecular weight excluding hydrogens is 188 g/mol. The first-order chi connectivity index (χ1) is 7.16. The van der Waals surface area contributed by atoms with Gasteiger partial charge in [-0.2, -0.15) is 0 Å². The van der Waals surface area contributed by atoms with Crippen LogP contribution in [0.3, 0.4) is 0 Å². The Hall–Kier alpha value is -0.660. The average molecular weight is 208 g/mol. The maximum absolute atomic E-state index is 12.1. The summed E-state index contributed by atoms with van der Waals surface area (Å²) in [5.41, 5.74) is 0. The third-order valence-corrected chi connectivity index (χ3v) is 4.07. The zero-order chi connectivity index (χ0) is 10.8. The topological polar surface area (TPSA) is 34.1 Å². The number of ketones is 2. The highest BCUT2D eigenvalue weighted by molar-refractivity contribution is 5.92. The van der Waals surface area contributed by atoms with Crippen LogP contribution in [-0.4, -0.2) is 11.6 Å². The van der Waals surface area contributed by atoms with Crippen molar-refractivity contribution in [1.29, 1.82) is 0 Å². The monoisotopic (exact) mass is 208 g/mol. The van der Waals surface area contributed by atoms with E-state index in [0.717, 1.165) is 25.2 Å². The van der Waals surface area contributed by atoms with Crippen LogP contribution in [0.25, 0.3) is 0 Å². The van der Waals surface area contributed by atoms with Crippen LogP contribution in [0.2, 0.25) is 0 Å². The van der Waals surface area contributed by atoms with Gasteiger partial charge in [0.25, 0.3) is 0 Å². The summed E-state index contributed by atoms with van der Waals surface area (Å²) >= 11 is 0. The highest BCUT2D eigenvalue weighted by Crippen LogP contribution is 2.34. The smallest absolute Gasteiger partial charge is 0.139 e. The van der Waals surface area contributed by atoms with E-state index in [4.69, 9.17) is 0 Å². The van der Waals surface area contributed by atoms with Crippen molar-refractivity contribution in [2.45, 2.75) is 51.9 Å². The maximum Gasteiger partial charge on any atom is 0.139 e. The molecule has 2 heteroatoms. The van der Waals surface area contributed by atoms with E-state index in [1.165, 1.54) is 12.8 Å². The molecular formula is C13H20O2. The quantitative estimate of drug-likeness (QED) is 0.699. The maximum atomic E-state index is 12.1. The summed E-state index contributed by atoms with van der Waals surface area (Å²) in [6.07, 6.45) is 6.50. The van der Waals surface area contributed by atoms with Gasteiger partial charge in [-0.15, -0.1) is 0 Å². The summed E-state index contributed by atoms with van der Waals surface area (Å²) in [7, 11) is 0. The lowest BCUT2D eigenvalue weighted by Gasteiger charge is -2.26. The zero-order valence-electron chi connectivity index (χ0n) is 9.50. The Kier molecular flexibility index (Phi) is 3.22. The van der Waals surface area contributed by atoms with Crippen LogP contribution in [0.5, 0.6) is 0 Å². The zero-order valence-corrected chi connectivity index (χ0v) is 9.50. The van der Waals surface area contributed by atoms with Crippen LogP contribution >= 0.6 is 0 Å². The minimum absolute atomic E-state index is 0.0795. The molecule has 0 aromatic heterocycles. The van der Waals surface area contributed by atoms with Gasteiger partial charge in [0.1, 0.15) is 11.6 Å². The Labute approximate surface area is 91.4 Å². The van der Waals surface area contributed by atoms with E-state index >= 15 is 0 Å². The molecule has 0 heterocycles. The first-order valence-corrected chi connectivity index (χ1v) is 6.22. The van der Waals surface area contributed by atoms with Crippen molar-refractivity contribution < 1.29 is 9.59 Å². The lowest BCUT2D eigenvalue weighted by Crippen LogP contribution is -2.26. The third-order valence-electron chi connectivity index (χ3n) is 4.07. The standard InChI is InChI=1S/C13H20O2/c1-9-2-4-10(5-3-9)13(15)11-6-7-12(14)8-11/h9-11H,2-8H2,1H3. The average Bonchev–Trinajstić information content (AvgIpc) is 2.65. The largest absolute Gasteiger partial charge is 0.300 e. The number of carbonyl (C=O) groups is 2. The Bertz CT molecular complexity index is 262. The summed E-state index contributed by atoms with van der Waals surface area (Å²) in [6.45, 7) is 2.26. The molecule has 15 heavy (non-hydrogen) atoms. The molecule has 0 spiro atoms. The van der Waals surface area contributed by atoms with Crippen LogP contribution in [0.1, 0.15) is 51.9 Å². The van der Waals surface area contributed by atoms with Crippen molar-refractivity contribution in [1.82, 2.24) is 0 Å². The van der Waals surface area contributed by atoms with E-state index in [0.29, 0.717) is 18.6 Å². The number of hydrogen-bond donors (Lipinski definition) is 0. The summed E-state index contributed by atoms with van der Waals surface area (Å²) in [6, 6.07) is 0. The Morgan fingerprint density at radius 3 is 2.27 bits per heavy atom. The van der Waals surface area contributed by atoms with E-state index in [1.807, 2.05) is 0 Å². The molecule has 2 rings (SSSR count). The van der Waals surface area contributed by atoms with E-state index in [1.54, 1.807) is 0 Å². The van der Waals surface area contributed by atoms with Crippen molar-refractivity contribution in [2.75, 3.05) is 0 Å². The molecule has 0 aromatic carbocycles. The van der Waals surface area contributed by atoms with Crippen molar-refractivity contribution in [3.63, 3.8) is 0 Å². The predicted octanol–water partition coefficient (Wildman–Crippen LogP) is 2.75. The molecule has 2 aliphatic rings. The molecule has 1 unspecified atom stereocenters. The van der Waals surface area contributed by atoms with Gasteiger partial charge in [-0.1, -0.05) is 19.8 Å². The molecule has 0 amide bonds. The first-order valence-electron chi connectivity index (χ1n) is 6.22. The summed E-state index contributed by atoms with van der Waals surface area (Å²) in [5, 5.41) is 0. The van der Waals surface area contributed by atoms with E-state index in [-0.39, 0.29) is 17.6 Å². The Balaban J connectivity index is 1.88. The van der Waals surface area contributed by atoms with E-state index < -0.39 is 0 Å². The van der Waals surface area contributed by atoms with Gasteiger partial charge in [0.2, 0.25) is 0 Å². The lowest BCUT2D eigenvalue weighted by atomic mass is 9.77. The van der Waals surface area contributed by atoms with Gasteiger partial charge in [0.05, 0.1) is 0 Å². The molecule has 2 nitrogen and oxygen atoms in total. The van der Waals surface area contributed by atoms with Gasteiger partial charge in [-0.05, 0) is 25.2 Å². The SMILES string of the molecule is CC1CCC(C(=O)C2CCC(=O)C2)CC1. The molecule has 0 radical (unpaired) electrons. The lowest BCUT2D eigenvalue weighted by molar-refractivity contribution is -0.129. The number of hydrogen-bond acceptors (Lipinski definition) is 2. The molecule has 2 saturated carbocycles. The van der Waals surface area contributed by atoms with Gasteiger partial charge in [0.15, 0.2) is 0 Å². The van der Waals surface area contributed by atoms with Crippen LogP contribution < -0.4 is 0 Å². The van der Waals surface area contributed by atoms with E-state index in [9.17, 15) is 9.59 Å². The van der Waals surface area contributed by atoms with Gasteiger partial charge in [-0.25, -0.2) is 0 Å². The van der Waals surface area contributed by atoms with Crippen molar-refractivity contribution in [2.24, 2.45) is 17.8 Å². The van der Waals surface area contributed by atoms with Gasteiger partial charge < -0.3 is 0 Å². The minimum Gasteiger partial charge on any atom is -0.300 e. The molecule has 0 aromatic rings. The molecule has 2 fully saturated rings. The van der Waals surface area contributed by atoms with Gasteiger partial charge in [-0.3, -0.25) is 9.59 Å². The summed E-state index contributed by atoms with van der Waals surface area (Å²) in [5.74, 6) is 1.83. The van der Waals surface area contributed by atoms with Gasteiger partial charge in [0, 0.05) is 24.7 Å². The second kappa shape index (κ2) is 4.46. The number of rotatable bonds is 2. The predicted molar refractivity (Wildman–Crippen MR) is 58.5 cm³/mol.